The van der Waals surface area contributed by atoms with Gasteiger partial charge in [-0.2, -0.15) is 0 Å². The second kappa shape index (κ2) is 6.52. The molecule has 0 N–H and O–H groups in total. The summed E-state index contributed by atoms with van der Waals surface area (Å²) in [6, 6.07) is 21.1. The molecule has 2 aromatic carbocycles. The van der Waals surface area contributed by atoms with E-state index in [2.05, 4.69) is 67.6 Å². The number of ether oxygens (including phenoxy) is 1. The fourth-order valence-electron chi connectivity index (χ4n) is 3.62. The summed E-state index contributed by atoms with van der Waals surface area (Å²) in [5.41, 5.74) is 6.56. The van der Waals surface area contributed by atoms with Gasteiger partial charge in [0.15, 0.2) is 0 Å². The summed E-state index contributed by atoms with van der Waals surface area (Å²) in [7, 11) is 0. The van der Waals surface area contributed by atoms with Gasteiger partial charge >= 0.3 is 0 Å². The lowest BCUT2D eigenvalue weighted by Gasteiger charge is -2.29. The van der Waals surface area contributed by atoms with Crippen LogP contribution in [0.15, 0.2) is 83.6 Å². The molecule has 1 aliphatic carbocycles. The van der Waals surface area contributed by atoms with Gasteiger partial charge in [0.2, 0.25) is 0 Å². The van der Waals surface area contributed by atoms with E-state index in [1.54, 1.807) is 0 Å². The third-order valence-electron chi connectivity index (χ3n) is 4.88. The Morgan fingerprint density at radius 1 is 0.833 bits per heavy atom. The molecule has 0 saturated carbocycles. The van der Waals surface area contributed by atoms with Crippen LogP contribution in [0.3, 0.4) is 0 Å². The number of hydrogen-bond donors (Lipinski definition) is 0. The van der Waals surface area contributed by atoms with Crippen molar-refractivity contribution in [1.82, 2.24) is 0 Å². The number of rotatable bonds is 3. The van der Waals surface area contributed by atoms with Gasteiger partial charge in [0.25, 0.3) is 0 Å². The molecule has 0 atom stereocenters. The molecule has 0 radical (unpaired) electrons. The van der Waals surface area contributed by atoms with Crippen molar-refractivity contribution >= 4 is 11.3 Å². The van der Waals surface area contributed by atoms with Gasteiger partial charge in [-0.3, -0.25) is 0 Å². The summed E-state index contributed by atoms with van der Waals surface area (Å²) < 4.78 is 6.41. The van der Waals surface area contributed by atoms with Crippen molar-refractivity contribution in [2.75, 3.05) is 0 Å². The van der Waals surface area contributed by atoms with Crippen LogP contribution < -0.4 is 0 Å². The average molecular weight is 314 g/mol. The Morgan fingerprint density at radius 2 is 1.50 bits per heavy atom. The highest BCUT2D eigenvalue weighted by Crippen LogP contribution is 2.43. The van der Waals surface area contributed by atoms with E-state index in [1.165, 1.54) is 28.7 Å². The summed E-state index contributed by atoms with van der Waals surface area (Å²) in [6.07, 6.45) is 6.75. The molecule has 24 heavy (non-hydrogen) atoms. The minimum Gasteiger partial charge on any atom is -0.456 e. The SMILES string of the molecule is CCC1=C2OC(c3ccccc3)=CC(c3ccccc3)=C2CCC1. The van der Waals surface area contributed by atoms with Crippen LogP contribution in [0.2, 0.25) is 0 Å². The maximum Gasteiger partial charge on any atom is 0.135 e. The Balaban J connectivity index is 1.91. The molecule has 0 spiro atoms. The molecule has 120 valence electrons. The van der Waals surface area contributed by atoms with Gasteiger partial charge in [0.05, 0.1) is 0 Å². The second-order valence-corrected chi connectivity index (χ2v) is 6.37. The predicted molar refractivity (Wildman–Crippen MR) is 100 cm³/mol. The molecule has 0 saturated heterocycles. The zero-order valence-electron chi connectivity index (χ0n) is 14.1. The van der Waals surface area contributed by atoms with E-state index in [0.717, 1.165) is 36.3 Å². The number of benzene rings is 2. The van der Waals surface area contributed by atoms with Crippen molar-refractivity contribution in [1.29, 1.82) is 0 Å². The molecule has 1 heterocycles. The van der Waals surface area contributed by atoms with Gasteiger partial charge in [-0.25, -0.2) is 0 Å². The highest BCUT2D eigenvalue weighted by molar-refractivity contribution is 5.88. The number of fused-ring (bicyclic) bond motifs is 1. The smallest absolute Gasteiger partial charge is 0.135 e. The molecular formula is C23H22O. The van der Waals surface area contributed by atoms with Crippen LogP contribution in [-0.4, -0.2) is 0 Å². The highest BCUT2D eigenvalue weighted by atomic mass is 16.5. The maximum atomic E-state index is 6.41. The van der Waals surface area contributed by atoms with Crippen molar-refractivity contribution < 1.29 is 4.74 Å². The fraction of sp³-hybridized carbons (Fsp3) is 0.217. The quantitative estimate of drug-likeness (QED) is 0.640. The van der Waals surface area contributed by atoms with Gasteiger partial charge < -0.3 is 4.74 Å². The van der Waals surface area contributed by atoms with Crippen molar-refractivity contribution in [3.05, 3.63) is 94.8 Å². The molecule has 0 fully saturated rings. The second-order valence-electron chi connectivity index (χ2n) is 6.37. The van der Waals surface area contributed by atoms with E-state index < -0.39 is 0 Å². The molecular weight excluding hydrogens is 292 g/mol. The lowest BCUT2D eigenvalue weighted by molar-refractivity contribution is 0.367. The Labute approximate surface area is 144 Å². The average Bonchev–Trinajstić information content (AvgIpc) is 2.68. The van der Waals surface area contributed by atoms with Crippen LogP contribution in [0.25, 0.3) is 11.3 Å². The fourth-order valence-corrected chi connectivity index (χ4v) is 3.62. The molecule has 0 aromatic heterocycles. The lowest BCUT2D eigenvalue weighted by atomic mass is 9.85. The Morgan fingerprint density at radius 3 is 2.17 bits per heavy atom. The van der Waals surface area contributed by atoms with Crippen molar-refractivity contribution in [3.63, 3.8) is 0 Å². The van der Waals surface area contributed by atoms with E-state index in [4.69, 9.17) is 4.74 Å². The summed E-state index contributed by atoms with van der Waals surface area (Å²) in [6.45, 7) is 2.23. The Kier molecular flexibility index (Phi) is 4.08. The normalized spacial score (nSPS) is 17.3. The zero-order chi connectivity index (χ0) is 16.4. The topological polar surface area (TPSA) is 9.23 Å². The molecule has 1 heteroatoms. The van der Waals surface area contributed by atoms with E-state index in [0.29, 0.717) is 0 Å². The molecule has 0 amide bonds. The van der Waals surface area contributed by atoms with E-state index in [-0.39, 0.29) is 0 Å². The first-order chi connectivity index (χ1) is 11.9. The summed E-state index contributed by atoms with van der Waals surface area (Å²) >= 11 is 0. The third-order valence-corrected chi connectivity index (χ3v) is 4.88. The highest BCUT2D eigenvalue weighted by Gasteiger charge is 2.26. The Hall–Kier alpha value is -2.54. The number of allylic oxidation sites excluding steroid dienone is 4. The molecule has 4 rings (SSSR count). The van der Waals surface area contributed by atoms with Crippen LogP contribution in [-0.2, 0) is 4.74 Å². The minimum absolute atomic E-state index is 0.959. The Bertz CT molecular complexity index is 823. The molecule has 0 bridgehead atoms. The van der Waals surface area contributed by atoms with Crippen LogP contribution in [0.1, 0.15) is 43.7 Å². The maximum absolute atomic E-state index is 6.41. The number of hydrogen-bond acceptors (Lipinski definition) is 1. The van der Waals surface area contributed by atoms with Crippen molar-refractivity contribution in [2.24, 2.45) is 0 Å². The van der Waals surface area contributed by atoms with Crippen LogP contribution in [0.4, 0.5) is 0 Å². The zero-order valence-corrected chi connectivity index (χ0v) is 14.1. The van der Waals surface area contributed by atoms with Crippen molar-refractivity contribution in [3.8, 4) is 0 Å². The first-order valence-corrected chi connectivity index (χ1v) is 8.82. The summed E-state index contributed by atoms with van der Waals surface area (Å²) in [4.78, 5) is 0. The van der Waals surface area contributed by atoms with Crippen LogP contribution in [0, 0.1) is 0 Å². The van der Waals surface area contributed by atoms with Gasteiger partial charge in [-0.15, -0.1) is 0 Å². The third kappa shape index (κ3) is 2.71. The molecule has 2 aromatic rings. The van der Waals surface area contributed by atoms with Crippen molar-refractivity contribution in [2.45, 2.75) is 32.6 Å². The molecule has 1 nitrogen and oxygen atoms in total. The summed E-state index contributed by atoms with van der Waals surface area (Å²) in [5, 5.41) is 0. The predicted octanol–water partition coefficient (Wildman–Crippen LogP) is 6.36. The molecule has 0 unspecified atom stereocenters. The molecule has 2 aliphatic rings. The standard InChI is InChI=1S/C23H22O/c1-2-17-14-9-15-20-21(18-10-5-3-6-11-18)16-22(24-23(17)20)19-12-7-4-8-13-19/h3-8,10-13,16H,2,9,14-15H2,1H3. The van der Waals surface area contributed by atoms with E-state index >= 15 is 0 Å². The van der Waals surface area contributed by atoms with Gasteiger partial charge in [0, 0.05) is 11.1 Å². The van der Waals surface area contributed by atoms with E-state index in [1.807, 2.05) is 6.07 Å². The summed E-state index contributed by atoms with van der Waals surface area (Å²) in [5.74, 6) is 2.09. The van der Waals surface area contributed by atoms with Crippen LogP contribution >= 0.6 is 0 Å². The first-order valence-electron chi connectivity index (χ1n) is 8.82. The van der Waals surface area contributed by atoms with Gasteiger partial charge in [-0.05, 0) is 48.5 Å². The monoisotopic (exact) mass is 314 g/mol. The lowest BCUT2D eigenvalue weighted by Crippen LogP contribution is -2.12. The largest absolute Gasteiger partial charge is 0.456 e. The van der Waals surface area contributed by atoms with Crippen LogP contribution in [0.5, 0.6) is 0 Å². The minimum atomic E-state index is 0.959. The first kappa shape index (κ1) is 15.0. The van der Waals surface area contributed by atoms with E-state index in [9.17, 15) is 0 Å². The van der Waals surface area contributed by atoms with Gasteiger partial charge in [0.1, 0.15) is 11.5 Å². The van der Waals surface area contributed by atoms with Gasteiger partial charge in [-0.1, -0.05) is 67.6 Å². The molecule has 1 aliphatic heterocycles.